The average molecular weight is 625 g/mol. The Morgan fingerprint density at radius 2 is 1.85 bits per heavy atom. The lowest BCUT2D eigenvalue weighted by Gasteiger charge is -2.36. The number of aliphatic hydroxyl groups excluding tert-OH is 1. The maximum absolute atomic E-state index is 14.4. The van der Waals surface area contributed by atoms with Crippen LogP contribution in [-0.2, 0) is 28.7 Å². The number of allylic oxidation sites excluding steroid dienone is 1. The van der Waals surface area contributed by atoms with Gasteiger partial charge in [0.25, 0.3) is 0 Å². The largest absolute Gasteiger partial charge is 0.460 e. The number of hydrogen-bond acceptors (Lipinski definition) is 7. The molecule has 4 aliphatic rings. The van der Waals surface area contributed by atoms with E-state index in [0.29, 0.717) is 56.2 Å². The van der Waals surface area contributed by atoms with Crippen LogP contribution in [0.3, 0.4) is 0 Å². The van der Waals surface area contributed by atoms with Gasteiger partial charge in [0.2, 0.25) is 17.7 Å². The molecule has 6 atom stereocenters. The number of fused-ring (bicyclic) bond motifs is 2. The van der Waals surface area contributed by atoms with E-state index < -0.39 is 41.7 Å². The first kappa shape index (κ1) is 30.7. The maximum atomic E-state index is 14.4. The molecule has 3 amide bonds. The Kier molecular flexibility index (Phi) is 10.5. The number of nitrogens with zero attached hydrogens (tertiary/aromatic N) is 2. The van der Waals surface area contributed by atoms with Crippen molar-refractivity contribution < 1.29 is 33.8 Å². The Morgan fingerprint density at radius 1 is 1.07 bits per heavy atom. The van der Waals surface area contributed by atoms with Gasteiger partial charge in [-0.3, -0.25) is 19.2 Å². The summed E-state index contributed by atoms with van der Waals surface area (Å²) in [6, 6.07) is -0.916. The SMILES string of the molecule is CCCCCN1C/C=C\CCC(=O)NC[C@@H](C)OC(=O)[C@@H]2[C@H]3O[C@@]4(C=C3Br)[C@H](C1=O)N(CCCCCO)C(=O)[C@@H]24. The second-order valence-corrected chi connectivity index (χ2v) is 12.1. The number of carbonyl (C=O) groups is 4. The molecule has 0 aliphatic carbocycles. The van der Waals surface area contributed by atoms with Crippen LogP contribution in [0, 0.1) is 11.8 Å². The van der Waals surface area contributed by atoms with Crippen molar-refractivity contribution in [2.75, 3.05) is 32.8 Å². The fourth-order valence-corrected chi connectivity index (χ4v) is 7.03. The Bertz CT molecular complexity index is 1030. The van der Waals surface area contributed by atoms with Crippen LogP contribution in [-0.4, -0.2) is 95.2 Å². The molecule has 11 heteroatoms. The van der Waals surface area contributed by atoms with Crippen molar-refractivity contribution in [3.63, 3.8) is 0 Å². The molecule has 0 aromatic carbocycles. The summed E-state index contributed by atoms with van der Waals surface area (Å²) < 4.78 is 12.8. The van der Waals surface area contributed by atoms with Gasteiger partial charge < -0.3 is 29.7 Å². The number of ether oxygens (including phenoxy) is 2. The van der Waals surface area contributed by atoms with Gasteiger partial charge in [-0.1, -0.05) is 47.8 Å². The molecule has 4 aliphatic heterocycles. The molecule has 5 bridgehead atoms. The summed E-state index contributed by atoms with van der Waals surface area (Å²) in [6.45, 7) is 5.24. The lowest BCUT2D eigenvalue weighted by molar-refractivity contribution is -0.158. The van der Waals surface area contributed by atoms with E-state index in [0.717, 1.165) is 19.3 Å². The summed E-state index contributed by atoms with van der Waals surface area (Å²) in [5.74, 6) is -3.01. The topological polar surface area (TPSA) is 125 Å². The zero-order valence-electron chi connectivity index (χ0n) is 23.5. The summed E-state index contributed by atoms with van der Waals surface area (Å²) in [7, 11) is 0. The first-order valence-corrected chi connectivity index (χ1v) is 15.4. The van der Waals surface area contributed by atoms with Gasteiger partial charge in [0, 0.05) is 37.1 Å². The van der Waals surface area contributed by atoms with Crippen LogP contribution in [0.5, 0.6) is 0 Å². The molecule has 2 N–H and O–H groups in total. The fraction of sp³-hybridized carbons (Fsp3) is 0.724. The highest BCUT2D eigenvalue weighted by atomic mass is 79.9. The molecule has 0 aromatic rings. The number of hydrogen-bond donors (Lipinski definition) is 2. The summed E-state index contributed by atoms with van der Waals surface area (Å²) in [4.78, 5) is 57.7. The van der Waals surface area contributed by atoms with Crippen LogP contribution in [0.1, 0.15) is 65.2 Å². The third kappa shape index (κ3) is 6.16. The van der Waals surface area contributed by atoms with Crippen LogP contribution >= 0.6 is 15.9 Å². The van der Waals surface area contributed by atoms with Crippen LogP contribution in [0.25, 0.3) is 0 Å². The minimum absolute atomic E-state index is 0.0629. The highest BCUT2D eigenvalue weighted by Crippen LogP contribution is 2.58. The van der Waals surface area contributed by atoms with E-state index >= 15 is 0 Å². The highest BCUT2D eigenvalue weighted by Gasteiger charge is 2.74. The summed E-state index contributed by atoms with van der Waals surface area (Å²) in [5, 5.41) is 12.0. The molecule has 0 saturated carbocycles. The third-order valence-electron chi connectivity index (χ3n) is 8.27. The number of likely N-dealkylation sites (tertiary alicyclic amines) is 1. The average Bonchev–Trinajstić information content (AvgIpc) is 3.51. The first-order chi connectivity index (χ1) is 19.2. The predicted octanol–water partition coefficient (Wildman–Crippen LogP) is 2.44. The van der Waals surface area contributed by atoms with Gasteiger partial charge in [0.15, 0.2) is 0 Å². The number of unbranched alkanes of at least 4 members (excludes halogenated alkanes) is 4. The maximum Gasteiger partial charge on any atom is 0.313 e. The smallest absolute Gasteiger partial charge is 0.313 e. The Hall–Kier alpha value is -2.24. The standard InChI is InChI=1S/C29H42BrN3O7/c1-3-4-8-13-32-14-9-5-7-12-21(35)31-18-19(2)39-28(38)22-23-26(36)33(15-10-6-11-16-34)25(27(32)37)29(23)17-20(30)24(22)40-29/h5,9,17,19,22-25,34H,3-4,6-8,10-16,18H2,1-2H3,(H,31,35)/b9-5-/t19-,22+,23-,24+,25+,29-/m1/s1. The lowest BCUT2D eigenvalue weighted by atomic mass is 9.74. The van der Waals surface area contributed by atoms with Crippen LogP contribution in [0.15, 0.2) is 22.7 Å². The summed E-state index contributed by atoms with van der Waals surface area (Å²) in [6.07, 6.45) is 9.84. The third-order valence-corrected chi connectivity index (χ3v) is 8.95. The van der Waals surface area contributed by atoms with Crippen molar-refractivity contribution in [2.45, 2.75) is 89.1 Å². The Morgan fingerprint density at radius 3 is 2.60 bits per heavy atom. The van der Waals surface area contributed by atoms with E-state index in [1.165, 1.54) is 0 Å². The number of amides is 3. The molecule has 40 heavy (non-hydrogen) atoms. The number of rotatable bonds is 9. The van der Waals surface area contributed by atoms with Crippen molar-refractivity contribution in [2.24, 2.45) is 11.8 Å². The summed E-state index contributed by atoms with van der Waals surface area (Å²) in [5.41, 5.74) is -1.28. The molecule has 4 heterocycles. The van der Waals surface area contributed by atoms with Gasteiger partial charge in [-0.2, -0.15) is 0 Å². The van der Waals surface area contributed by atoms with Crippen molar-refractivity contribution in [3.8, 4) is 0 Å². The second-order valence-electron chi connectivity index (χ2n) is 11.2. The Balaban J connectivity index is 1.73. The van der Waals surface area contributed by atoms with E-state index in [1.54, 1.807) is 16.7 Å². The zero-order chi connectivity index (χ0) is 28.9. The molecular formula is C29H42BrN3O7. The molecule has 2 fully saturated rings. The quantitative estimate of drug-likeness (QED) is 0.229. The number of cyclic esters (lactones) is 1. The van der Waals surface area contributed by atoms with Crippen molar-refractivity contribution in [3.05, 3.63) is 22.7 Å². The minimum atomic E-state index is -1.28. The van der Waals surface area contributed by atoms with E-state index in [2.05, 4.69) is 28.2 Å². The van der Waals surface area contributed by atoms with Gasteiger partial charge in [-0.15, -0.1) is 0 Å². The molecule has 1 spiro atoms. The number of carbonyl (C=O) groups excluding carboxylic acids is 4. The molecule has 2 saturated heterocycles. The van der Waals surface area contributed by atoms with E-state index in [9.17, 15) is 24.3 Å². The number of aliphatic hydroxyl groups is 1. The van der Waals surface area contributed by atoms with Crippen LogP contribution < -0.4 is 5.32 Å². The van der Waals surface area contributed by atoms with E-state index in [1.807, 2.05) is 18.2 Å². The van der Waals surface area contributed by atoms with E-state index in [-0.39, 0.29) is 30.9 Å². The second kappa shape index (κ2) is 13.6. The minimum Gasteiger partial charge on any atom is -0.460 e. The zero-order valence-corrected chi connectivity index (χ0v) is 25.1. The first-order valence-electron chi connectivity index (χ1n) is 14.6. The molecule has 0 radical (unpaired) electrons. The molecule has 0 aromatic heterocycles. The normalized spacial score (nSPS) is 33.6. The monoisotopic (exact) mass is 623 g/mol. The van der Waals surface area contributed by atoms with Gasteiger partial charge in [-0.05, 0) is 45.1 Å². The van der Waals surface area contributed by atoms with Crippen LogP contribution in [0.2, 0.25) is 0 Å². The van der Waals surface area contributed by atoms with Gasteiger partial charge in [-0.25, -0.2) is 0 Å². The van der Waals surface area contributed by atoms with Gasteiger partial charge in [0.05, 0.1) is 12.5 Å². The van der Waals surface area contributed by atoms with E-state index in [4.69, 9.17) is 9.47 Å². The Labute approximate surface area is 244 Å². The lowest BCUT2D eigenvalue weighted by Crippen LogP contribution is -2.56. The fourth-order valence-electron chi connectivity index (χ4n) is 6.29. The molecule has 0 unspecified atom stereocenters. The van der Waals surface area contributed by atoms with Crippen molar-refractivity contribution >= 4 is 39.6 Å². The molecule has 222 valence electrons. The van der Waals surface area contributed by atoms with Crippen molar-refractivity contribution in [1.29, 1.82) is 0 Å². The van der Waals surface area contributed by atoms with Gasteiger partial charge in [0.1, 0.15) is 29.8 Å². The van der Waals surface area contributed by atoms with Gasteiger partial charge >= 0.3 is 5.97 Å². The number of halogens is 1. The molecule has 10 nitrogen and oxygen atoms in total. The molecular weight excluding hydrogens is 582 g/mol. The number of esters is 1. The summed E-state index contributed by atoms with van der Waals surface area (Å²) >= 11 is 3.56. The highest BCUT2D eigenvalue weighted by molar-refractivity contribution is 9.11. The number of nitrogens with one attached hydrogen (secondary N) is 1. The molecule has 4 rings (SSSR count). The van der Waals surface area contributed by atoms with Crippen molar-refractivity contribution in [1.82, 2.24) is 15.1 Å². The van der Waals surface area contributed by atoms with Crippen LogP contribution in [0.4, 0.5) is 0 Å². The predicted molar refractivity (Wildman–Crippen MR) is 151 cm³/mol.